The molecule has 1 aromatic carbocycles. The van der Waals surface area contributed by atoms with E-state index in [9.17, 15) is 9.59 Å². The fourth-order valence-corrected chi connectivity index (χ4v) is 3.55. The lowest BCUT2D eigenvalue weighted by Crippen LogP contribution is -2.30. The van der Waals surface area contributed by atoms with Gasteiger partial charge in [-0.1, -0.05) is 23.7 Å². The number of aromatic nitrogens is 3. The highest BCUT2D eigenvalue weighted by atomic mass is 35.5. The summed E-state index contributed by atoms with van der Waals surface area (Å²) in [4.78, 5) is 29.1. The zero-order chi connectivity index (χ0) is 20.4. The van der Waals surface area contributed by atoms with E-state index in [-0.39, 0.29) is 5.69 Å². The van der Waals surface area contributed by atoms with E-state index >= 15 is 0 Å². The van der Waals surface area contributed by atoms with Gasteiger partial charge in [-0.15, -0.1) is 11.3 Å². The molecule has 0 aliphatic rings. The van der Waals surface area contributed by atoms with Crippen LogP contribution in [0, 0.1) is 13.8 Å². The Balaban J connectivity index is 1.66. The van der Waals surface area contributed by atoms with Crippen molar-refractivity contribution in [3.8, 4) is 10.6 Å². The van der Waals surface area contributed by atoms with Gasteiger partial charge in [-0.2, -0.15) is 5.10 Å². The van der Waals surface area contributed by atoms with E-state index < -0.39 is 18.0 Å². The van der Waals surface area contributed by atoms with E-state index in [2.05, 4.69) is 15.4 Å². The van der Waals surface area contributed by atoms with Gasteiger partial charge in [0, 0.05) is 23.0 Å². The number of halogens is 1. The van der Waals surface area contributed by atoms with Gasteiger partial charge < -0.3 is 10.1 Å². The van der Waals surface area contributed by atoms with Crippen molar-refractivity contribution in [3.05, 3.63) is 51.7 Å². The quantitative estimate of drug-likeness (QED) is 0.633. The van der Waals surface area contributed by atoms with Crippen LogP contribution in [0.4, 0.5) is 5.69 Å². The van der Waals surface area contributed by atoms with Gasteiger partial charge in [-0.25, -0.2) is 9.78 Å². The maximum atomic E-state index is 12.4. The van der Waals surface area contributed by atoms with E-state index in [0.29, 0.717) is 21.4 Å². The lowest BCUT2D eigenvalue weighted by Gasteiger charge is -2.13. The number of hydrogen-bond acceptors (Lipinski definition) is 6. The SMILES string of the molecule is Cc1nn(C)c(C)c1NC(=O)C(C)OC(=O)c1csc(-c2cccc(Cl)c2)n1. The van der Waals surface area contributed by atoms with Gasteiger partial charge in [0.05, 0.1) is 17.1 Å². The zero-order valence-electron chi connectivity index (χ0n) is 15.8. The molecule has 0 aliphatic carbocycles. The molecular formula is C19H19ClN4O3S. The minimum Gasteiger partial charge on any atom is -0.448 e. The molecule has 3 aromatic rings. The van der Waals surface area contributed by atoms with Gasteiger partial charge in [0.2, 0.25) is 0 Å². The average molecular weight is 419 g/mol. The Labute approximate surface area is 171 Å². The summed E-state index contributed by atoms with van der Waals surface area (Å²) in [5.74, 6) is -1.09. The molecule has 28 heavy (non-hydrogen) atoms. The highest BCUT2D eigenvalue weighted by molar-refractivity contribution is 7.13. The Morgan fingerprint density at radius 3 is 2.71 bits per heavy atom. The Bertz CT molecular complexity index is 1040. The molecule has 0 aliphatic heterocycles. The minimum atomic E-state index is -0.983. The number of amides is 1. The largest absolute Gasteiger partial charge is 0.448 e. The molecule has 0 saturated carbocycles. The number of hydrogen-bond donors (Lipinski definition) is 1. The maximum Gasteiger partial charge on any atom is 0.358 e. The molecule has 1 amide bonds. The number of carbonyl (C=O) groups excluding carboxylic acids is 2. The Hall–Kier alpha value is -2.71. The standard InChI is InChI=1S/C19H19ClN4O3S/c1-10-16(11(2)24(4)23-10)22-17(25)12(3)27-19(26)15-9-28-18(21-15)13-6-5-7-14(20)8-13/h5-9,12H,1-4H3,(H,22,25). The number of anilines is 1. The summed E-state index contributed by atoms with van der Waals surface area (Å²) in [5, 5.41) is 9.84. The summed E-state index contributed by atoms with van der Waals surface area (Å²) < 4.78 is 6.94. The van der Waals surface area contributed by atoms with Gasteiger partial charge in [-0.3, -0.25) is 9.48 Å². The molecule has 146 valence electrons. The van der Waals surface area contributed by atoms with E-state index in [1.165, 1.54) is 18.3 Å². The molecule has 0 fully saturated rings. The molecule has 1 atom stereocenters. The third-order valence-corrected chi connectivity index (χ3v) is 5.32. The number of thiazole rings is 1. The third kappa shape index (κ3) is 4.23. The van der Waals surface area contributed by atoms with Crippen molar-refractivity contribution in [2.75, 3.05) is 5.32 Å². The second-order valence-corrected chi connectivity index (χ2v) is 7.55. The summed E-state index contributed by atoms with van der Waals surface area (Å²) in [6.07, 6.45) is -0.983. The van der Waals surface area contributed by atoms with Crippen molar-refractivity contribution in [2.24, 2.45) is 7.05 Å². The van der Waals surface area contributed by atoms with Crippen LogP contribution in [0.5, 0.6) is 0 Å². The first kappa shape index (κ1) is 20.0. The highest BCUT2D eigenvalue weighted by Gasteiger charge is 2.23. The number of benzene rings is 1. The number of ether oxygens (including phenoxy) is 1. The van der Waals surface area contributed by atoms with Crippen LogP contribution in [-0.4, -0.2) is 32.7 Å². The van der Waals surface area contributed by atoms with Crippen LogP contribution in [0.2, 0.25) is 5.02 Å². The van der Waals surface area contributed by atoms with Gasteiger partial charge >= 0.3 is 5.97 Å². The normalized spacial score (nSPS) is 11.9. The van der Waals surface area contributed by atoms with E-state index in [1.54, 1.807) is 36.2 Å². The first-order chi connectivity index (χ1) is 13.3. The molecule has 9 heteroatoms. The average Bonchev–Trinajstić information content (AvgIpc) is 3.23. The minimum absolute atomic E-state index is 0.147. The number of carbonyl (C=O) groups is 2. The molecule has 0 saturated heterocycles. The van der Waals surface area contributed by atoms with Crippen LogP contribution < -0.4 is 5.32 Å². The van der Waals surface area contributed by atoms with Gasteiger partial charge in [-0.05, 0) is 32.9 Å². The summed E-state index contributed by atoms with van der Waals surface area (Å²) in [5.41, 5.74) is 3.08. The molecule has 2 aromatic heterocycles. The molecule has 0 bridgehead atoms. The fourth-order valence-electron chi connectivity index (χ4n) is 2.58. The lowest BCUT2D eigenvalue weighted by atomic mass is 10.2. The van der Waals surface area contributed by atoms with Crippen LogP contribution in [0.1, 0.15) is 28.8 Å². The molecule has 1 unspecified atom stereocenters. The molecule has 3 rings (SSSR count). The smallest absolute Gasteiger partial charge is 0.358 e. The van der Waals surface area contributed by atoms with Crippen molar-refractivity contribution in [2.45, 2.75) is 26.9 Å². The Morgan fingerprint density at radius 1 is 1.32 bits per heavy atom. The highest BCUT2D eigenvalue weighted by Crippen LogP contribution is 2.26. The topological polar surface area (TPSA) is 86.1 Å². The lowest BCUT2D eigenvalue weighted by molar-refractivity contribution is -0.123. The second kappa shape index (κ2) is 8.12. The second-order valence-electron chi connectivity index (χ2n) is 6.25. The van der Waals surface area contributed by atoms with Gasteiger partial charge in [0.15, 0.2) is 11.8 Å². The van der Waals surface area contributed by atoms with Crippen LogP contribution in [0.15, 0.2) is 29.6 Å². The number of rotatable bonds is 5. The number of nitrogens with one attached hydrogen (secondary N) is 1. The first-order valence-corrected chi connectivity index (χ1v) is 9.75. The van der Waals surface area contributed by atoms with Crippen LogP contribution >= 0.6 is 22.9 Å². The molecule has 0 radical (unpaired) electrons. The molecule has 0 spiro atoms. The summed E-state index contributed by atoms with van der Waals surface area (Å²) >= 11 is 7.30. The van der Waals surface area contributed by atoms with Crippen molar-refractivity contribution in [1.82, 2.24) is 14.8 Å². The summed E-state index contributed by atoms with van der Waals surface area (Å²) in [6.45, 7) is 5.16. The molecule has 1 N–H and O–H groups in total. The van der Waals surface area contributed by atoms with E-state index in [0.717, 1.165) is 11.3 Å². The van der Waals surface area contributed by atoms with Gasteiger partial charge in [0.1, 0.15) is 5.01 Å². The predicted octanol–water partition coefficient (Wildman–Crippen LogP) is 4.00. The molecule has 7 nitrogen and oxygen atoms in total. The number of esters is 1. The number of aryl methyl sites for hydroxylation is 2. The Kier molecular flexibility index (Phi) is 5.81. The van der Waals surface area contributed by atoms with Crippen molar-refractivity contribution in [3.63, 3.8) is 0 Å². The number of nitrogens with zero attached hydrogens (tertiary/aromatic N) is 3. The van der Waals surface area contributed by atoms with Crippen molar-refractivity contribution >= 4 is 40.5 Å². The van der Waals surface area contributed by atoms with Crippen molar-refractivity contribution < 1.29 is 14.3 Å². The first-order valence-electron chi connectivity index (χ1n) is 8.49. The third-order valence-electron chi connectivity index (χ3n) is 4.20. The summed E-state index contributed by atoms with van der Waals surface area (Å²) in [6, 6.07) is 7.20. The van der Waals surface area contributed by atoms with Crippen LogP contribution in [-0.2, 0) is 16.6 Å². The van der Waals surface area contributed by atoms with Crippen molar-refractivity contribution in [1.29, 1.82) is 0 Å². The molecular weight excluding hydrogens is 400 g/mol. The Morgan fingerprint density at radius 2 is 2.07 bits per heavy atom. The predicted molar refractivity (Wildman–Crippen MR) is 109 cm³/mol. The molecule has 2 heterocycles. The monoisotopic (exact) mass is 418 g/mol. The fraction of sp³-hybridized carbons (Fsp3) is 0.263. The van der Waals surface area contributed by atoms with E-state index in [4.69, 9.17) is 16.3 Å². The van der Waals surface area contributed by atoms with Gasteiger partial charge in [0.25, 0.3) is 5.91 Å². The maximum absolute atomic E-state index is 12.4. The summed E-state index contributed by atoms with van der Waals surface area (Å²) in [7, 11) is 1.79. The van der Waals surface area contributed by atoms with Crippen LogP contribution in [0.25, 0.3) is 10.6 Å². The van der Waals surface area contributed by atoms with Crippen LogP contribution in [0.3, 0.4) is 0 Å². The van der Waals surface area contributed by atoms with E-state index in [1.807, 2.05) is 19.1 Å². The zero-order valence-corrected chi connectivity index (χ0v) is 17.4.